The highest BCUT2D eigenvalue weighted by Gasteiger charge is 2.20. The normalized spacial score (nSPS) is 14.1. The minimum atomic E-state index is -0.176. The summed E-state index contributed by atoms with van der Waals surface area (Å²) in [6.07, 6.45) is 3.90. The Kier molecular flexibility index (Phi) is 4.39. The molecule has 0 bridgehead atoms. The minimum absolute atomic E-state index is 0.139. The maximum atomic E-state index is 13.0. The van der Waals surface area contributed by atoms with Crippen LogP contribution in [0.2, 0.25) is 0 Å². The van der Waals surface area contributed by atoms with E-state index in [0.29, 0.717) is 18.2 Å². The Morgan fingerprint density at radius 2 is 2.00 bits per heavy atom. The summed E-state index contributed by atoms with van der Waals surface area (Å²) in [7, 11) is 0. The van der Waals surface area contributed by atoms with Crippen LogP contribution in [-0.4, -0.2) is 38.7 Å². The molecule has 0 atom stereocenters. The van der Waals surface area contributed by atoms with E-state index in [-0.39, 0.29) is 17.9 Å². The first-order valence-electron chi connectivity index (χ1n) is 8.76. The average Bonchev–Trinajstić information content (AvgIpc) is 3.34. The first-order valence-corrected chi connectivity index (χ1v) is 8.76. The fraction of sp³-hybridized carbons (Fsp3) is 0.333. The van der Waals surface area contributed by atoms with Crippen molar-refractivity contribution in [2.24, 2.45) is 0 Å². The van der Waals surface area contributed by atoms with Gasteiger partial charge >= 0.3 is 0 Å². The summed E-state index contributed by atoms with van der Waals surface area (Å²) < 4.78 is 1.66. The SMILES string of the molecule is O=C(CCn1c(=O)c(N2CCCC2)nc2ccccc21)Nc1ccn[nH]1. The molecule has 26 heavy (non-hydrogen) atoms. The summed E-state index contributed by atoms with van der Waals surface area (Å²) >= 11 is 0. The minimum Gasteiger partial charge on any atom is -0.352 e. The lowest BCUT2D eigenvalue weighted by Gasteiger charge is -2.18. The van der Waals surface area contributed by atoms with Crippen LogP contribution in [0.3, 0.4) is 0 Å². The van der Waals surface area contributed by atoms with E-state index in [1.807, 2.05) is 29.2 Å². The van der Waals surface area contributed by atoms with Crippen molar-refractivity contribution >= 4 is 28.6 Å². The number of carbonyl (C=O) groups excluding carboxylic acids is 1. The number of hydrogen-bond donors (Lipinski definition) is 2. The number of para-hydroxylation sites is 2. The van der Waals surface area contributed by atoms with Crippen molar-refractivity contribution in [3.05, 3.63) is 46.9 Å². The van der Waals surface area contributed by atoms with Crippen molar-refractivity contribution in [3.8, 4) is 0 Å². The van der Waals surface area contributed by atoms with Crippen LogP contribution in [0.25, 0.3) is 11.0 Å². The van der Waals surface area contributed by atoms with Crippen molar-refractivity contribution in [1.82, 2.24) is 19.7 Å². The van der Waals surface area contributed by atoms with Crippen LogP contribution in [0.5, 0.6) is 0 Å². The third kappa shape index (κ3) is 3.17. The zero-order chi connectivity index (χ0) is 17.9. The zero-order valence-corrected chi connectivity index (χ0v) is 14.3. The number of carbonyl (C=O) groups is 1. The van der Waals surface area contributed by atoms with Gasteiger partial charge in [0.05, 0.1) is 17.2 Å². The summed E-state index contributed by atoms with van der Waals surface area (Å²) in [5, 5.41) is 9.21. The molecule has 1 amide bonds. The first-order chi connectivity index (χ1) is 12.7. The van der Waals surface area contributed by atoms with E-state index in [1.165, 1.54) is 0 Å². The molecule has 1 aliphatic heterocycles. The second-order valence-corrected chi connectivity index (χ2v) is 6.34. The number of aromatic nitrogens is 4. The number of nitrogens with zero attached hydrogens (tertiary/aromatic N) is 4. The molecule has 2 N–H and O–H groups in total. The van der Waals surface area contributed by atoms with Crippen molar-refractivity contribution in [1.29, 1.82) is 0 Å². The van der Waals surface area contributed by atoms with Crippen LogP contribution in [0.15, 0.2) is 41.3 Å². The fourth-order valence-corrected chi connectivity index (χ4v) is 3.29. The maximum absolute atomic E-state index is 13.0. The van der Waals surface area contributed by atoms with Crippen LogP contribution in [0.4, 0.5) is 11.6 Å². The van der Waals surface area contributed by atoms with Gasteiger partial charge in [0.15, 0.2) is 5.82 Å². The van der Waals surface area contributed by atoms with E-state index in [1.54, 1.807) is 16.8 Å². The van der Waals surface area contributed by atoms with E-state index in [9.17, 15) is 9.59 Å². The van der Waals surface area contributed by atoms with Gasteiger partial charge in [-0.1, -0.05) is 12.1 Å². The molecule has 0 spiro atoms. The number of aryl methyl sites for hydroxylation is 1. The van der Waals surface area contributed by atoms with Gasteiger partial charge in [-0.2, -0.15) is 5.10 Å². The van der Waals surface area contributed by atoms with Gasteiger partial charge in [0.25, 0.3) is 5.56 Å². The predicted octanol–water partition coefficient (Wildman–Crippen LogP) is 1.75. The lowest BCUT2D eigenvalue weighted by atomic mass is 10.2. The average molecular weight is 352 g/mol. The zero-order valence-electron chi connectivity index (χ0n) is 14.3. The molecule has 8 nitrogen and oxygen atoms in total. The number of hydrogen-bond acceptors (Lipinski definition) is 5. The summed E-state index contributed by atoms with van der Waals surface area (Å²) in [6.45, 7) is 1.99. The highest BCUT2D eigenvalue weighted by molar-refractivity contribution is 5.89. The molecule has 4 rings (SSSR count). The van der Waals surface area contributed by atoms with E-state index in [2.05, 4.69) is 20.5 Å². The monoisotopic (exact) mass is 352 g/mol. The third-order valence-electron chi connectivity index (χ3n) is 4.58. The van der Waals surface area contributed by atoms with Gasteiger partial charge in [-0.15, -0.1) is 0 Å². The smallest absolute Gasteiger partial charge is 0.294 e. The molecule has 3 aromatic rings. The fourth-order valence-electron chi connectivity index (χ4n) is 3.29. The number of benzene rings is 1. The summed E-state index contributed by atoms with van der Waals surface area (Å²) in [4.78, 5) is 31.8. The molecule has 0 saturated carbocycles. The highest BCUT2D eigenvalue weighted by atomic mass is 16.2. The van der Waals surface area contributed by atoms with Gasteiger partial charge < -0.3 is 14.8 Å². The summed E-state index contributed by atoms with van der Waals surface area (Å²) in [5.41, 5.74) is 1.37. The van der Waals surface area contributed by atoms with E-state index in [0.717, 1.165) is 37.0 Å². The Hall–Kier alpha value is -3.16. The number of nitrogens with one attached hydrogen (secondary N) is 2. The van der Waals surface area contributed by atoms with Crippen LogP contribution in [0, 0.1) is 0 Å². The van der Waals surface area contributed by atoms with E-state index in [4.69, 9.17) is 0 Å². The molecule has 0 aliphatic carbocycles. The number of anilines is 2. The van der Waals surface area contributed by atoms with Crippen LogP contribution in [-0.2, 0) is 11.3 Å². The van der Waals surface area contributed by atoms with Crippen molar-refractivity contribution in [2.45, 2.75) is 25.8 Å². The second-order valence-electron chi connectivity index (χ2n) is 6.34. The number of rotatable bonds is 5. The van der Waals surface area contributed by atoms with Crippen LogP contribution in [0.1, 0.15) is 19.3 Å². The van der Waals surface area contributed by atoms with E-state index >= 15 is 0 Å². The summed E-state index contributed by atoms with van der Waals surface area (Å²) in [6, 6.07) is 9.22. The van der Waals surface area contributed by atoms with Crippen molar-refractivity contribution in [3.63, 3.8) is 0 Å². The van der Waals surface area contributed by atoms with Gasteiger partial charge in [-0.05, 0) is 25.0 Å². The van der Waals surface area contributed by atoms with Gasteiger partial charge in [0.2, 0.25) is 5.91 Å². The standard InChI is InChI=1S/C18H20N6O2/c25-16(21-15-7-9-19-22-15)8-12-24-14-6-2-1-5-13(14)20-17(18(24)26)23-10-3-4-11-23/h1-2,5-7,9H,3-4,8,10-12H2,(H2,19,21,22,25). The Labute approximate surface area is 149 Å². The number of aromatic amines is 1. The largest absolute Gasteiger partial charge is 0.352 e. The first kappa shape index (κ1) is 16.3. The maximum Gasteiger partial charge on any atom is 0.294 e. The Bertz CT molecular complexity index is 973. The van der Waals surface area contributed by atoms with Crippen molar-refractivity contribution in [2.75, 3.05) is 23.3 Å². The Morgan fingerprint density at radius 1 is 1.19 bits per heavy atom. The molecule has 1 fully saturated rings. The van der Waals surface area contributed by atoms with Gasteiger partial charge in [0, 0.05) is 32.1 Å². The topological polar surface area (TPSA) is 95.9 Å². The molecule has 0 unspecified atom stereocenters. The van der Waals surface area contributed by atoms with E-state index < -0.39 is 0 Å². The van der Waals surface area contributed by atoms with Gasteiger partial charge in [-0.3, -0.25) is 14.7 Å². The molecule has 1 saturated heterocycles. The van der Waals surface area contributed by atoms with Crippen LogP contribution >= 0.6 is 0 Å². The van der Waals surface area contributed by atoms with Gasteiger partial charge in [0.1, 0.15) is 5.82 Å². The number of fused-ring (bicyclic) bond motifs is 1. The Balaban J connectivity index is 1.63. The molecule has 2 aromatic heterocycles. The summed E-state index contributed by atoms with van der Waals surface area (Å²) in [5.74, 6) is 0.847. The van der Waals surface area contributed by atoms with Gasteiger partial charge in [-0.25, -0.2) is 4.98 Å². The molecular weight excluding hydrogens is 332 g/mol. The number of amides is 1. The molecular formula is C18H20N6O2. The lowest BCUT2D eigenvalue weighted by Crippen LogP contribution is -2.32. The quantitative estimate of drug-likeness (QED) is 0.729. The lowest BCUT2D eigenvalue weighted by molar-refractivity contribution is -0.116. The van der Waals surface area contributed by atoms with Crippen LogP contribution < -0.4 is 15.8 Å². The molecule has 8 heteroatoms. The molecule has 1 aliphatic rings. The molecule has 134 valence electrons. The molecule has 0 radical (unpaired) electrons. The number of H-pyrrole nitrogens is 1. The second kappa shape index (κ2) is 6.99. The van der Waals surface area contributed by atoms with Crippen molar-refractivity contribution < 1.29 is 4.79 Å². The molecule has 3 heterocycles. The third-order valence-corrected chi connectivity index (χ3v) is 4.58. The Morgan fingerprint density at radius 3 is 2.77 bits per heavy atom. The molecule has 1 aromatic carbocycles. The highest BCUT2D eigenvalue weighted by Crippen LogP contribution is 2.18. The predicted molar refractivity (Wildman–Crippen MR) is 99.3 cm³/mol.